The van der Waals surface area contributed by atoms with Crippen molar-refractivity contribution in [3.05, 3.63) is 35.9 Å². The van der Waals surface area contributed by atoms with E-state index in [1.54, 1.807) is 4.90 Å². The highest BCUT2D eigenvalue weighted by Gasteiger charge is 2.28. The number of amides is 1. The van der Waals surface area contributed by atoms with Crippen LogP contribution in [0.4, 0.5) is 0 Å². The fourth-order valence-corrected chi connectivity index (χ4v) is 2.70. The Kier molecular flexibility index (Phi) is 4.77. The Morgan fingerprint density at radius 1 is 1.35 bits per heavy atom. The zero-order valence-corrected chi connectivity index (χ0v) is 11.8. The Hall–Kier alpha value is -1.84. The van der Waals surface area contributed by atoms with Gasteiger partial charge >= 0.3 is 5.97 Å². The highest BCUT2D eigenvalue weighted by molar-refractivity contribution is 5.78. The molecule has 4 heteroatoms. The number of hydrogen-bond acceptors (Lipinski definition) is 2. The van der Waals surface area contributed by atoms with Gasteiger partial charge in [-0.05, 0) is 24.3 Å². The third kappa shape index (κ3) is 3.59. The van der Waals surface area contributed by atoms with Crippen LogP contribution in [-0.2, 0) is 9.59 Å². The molecule has 1 aliphatic rings. The standard InChI is InChI=1S/C16H21NO3/c1-12(13-6-3-2-4-7-13)10-15(18)17-9-5-8-14(11-17)16(19)20/h2-4,6-7,12,14H,5,8-11H2,1H3,(H,19,20)/t12?,14-/m0/s1. The van der Waals surface area contributed by atoms with Gasteiger partial charge in [0.25, 0.3) is 0 Å². The highest BCUT2D eigenvalue weighted by Crippen LogP contribution is 2.22. The SMILES string of the molecule is CC(CC(=O)N1CCC[C@H](C(=O)O)C1)c1ccccc1. The number of piperidine rings is 1. The number of carbonyl (C=O) groups is 2. The molecule has 1 aliphatic heterocycles. The summed E-state index contributed by atoms with van der Waals surface area (Å²) in [5.41, 5.74) is 1.15. The van der Waals surface area contributed by atoms with E-state index in [4.69, 9.17) is 5.11 Å². The molecule has 2 atom stereocenters. The number of aliphatic carboxylic acids is 1. The van der Waals surface area contributed by atoms with Gasteiger partial charge in [0, 0.05) is 19.5 Å². The van der Waals surface area contributed by atoms with Crippen molar-refractivity contribution in [1.82, 2.24) is 4.90 Å². The first-order valence-corrected chi connectivity index (χ1v) is 7.13. The Morgan fingerprint density at radius 3 is 2.70 bits per heavy atom. The number of carbonyl (C=O) groups excluding carboxylic acids is 1. The molecule has 0 saturated carbocycles. The van der Waals surface area contributed by atoms with Crippen molar-refractivity contribution in [2.24, 2.45) is 5.92 Å². The molecule has 1 saturated heterocycles. The third-order valence-corrected chi connectivity index (χ3v) is 3.97. The van der Waals surface area contributed by atoms with Crippen LogP contribution in [0.25, 0.3) is 0 Å². The summed E-state index contributed by atoms with van der Waals surface area (Å²) in [5, 5.41) is 9.06. The van der Waals surface area contributed by atoms with Gasteiger partial charge in [0.15, 0.2) is 0 Å². The van der Waals surface area contributed by atoms with E-state index < -0.39 is 11.9 Å². The minimum absolute atomic E-state index is 0.0623. The molecule has 108 valence electrons. The molecular formula is C16H21NO3. The van der Waals surface area contributed by atoms with Crippen LogP contribution in [0.1, 0.15) is 37.7 Å². The van der Waals surface area contributed by atoms with Gasteiger partial charge in [0.1, 0.15) is 0 Å². The Labute approximate surface area is 119 Å². The first-order chi connectivity index (χ1) is 9.58. The second kappa shape index (κ2) is 6.55. The molecule has 1 aromatic carbocycles. The Bertz CT molecular complexity index is 472. The molecule has 1 aromatic rings. The van der Waals surface area contributed by atoms with E-state index in [2.05, 4.69) is 0 Å². The molecule has 0 aromatic heterocycles. The predicted molar refractivity (Wildman–Crippen MR) is 76.4 cm³/mol. The van der Waals surface area contributed by atoms with E-state index in [1.807, 2.05) is 37.3 Å². The number of likely N-dealkylation sites (tertiary alicyclic amines) is 1. The molecule has 0 aliphatic carbocycles. The van der Waals surface area contributed by atoms with E-state index in [9.17, 15) is 9.59 Å². The summed E-state index contributed by atoms with van der Waals surface area (Å²) in [7, 11) is 0. The zero-order valence-electron chi connectivity index (χ0n) is 11.8. The van der Waals surface area contributed by atoms with E-state index in [0.717, 1.165) is 12.0 Å². The molecule has 2 rings (SSSR count). The minimum Gasteiger partial charge on any atom is -0.481 e. The van der Waals surface area contributed by atoms with E-state index in [0.29, 0.717) is 25.9 Å². The summed E-state index contributed by atoms with van der Waals surface area (Å²) in [6, 6.07) is 9.94. The summed E-state index contributed by atoms with van der Waals surface area (Å²) in [4.78, 5) is 25.0. The molecule has 1 unspecified atom stereocenters. The highest BCUT2D eigenvalue weighted by atomic mass is 16.4. The quantitative estimate of drug-likeness (QED) is 0.918. The summed E-state index contributed by atoms with van der Waals surface area (Å²) in [6.45, 7) is 3.08. The second-order valence-electron chi connectivity index (χ2n) is 5.53. The van der Waals surface area contributed by atoms with Crippen molar-refractivity contribution in [1.29, 1.82) is 0 Å². The van der Waals surface area contributed by atoms with Crippen molar-refractivity contribution in [3.8, 4) is 0 Å². The van der Waals surface area contributed by atoms with Crippen LogP contribution in [0.5, 0.6) is 0 Å². The van der Waals surface area contributed by atoms with Crippen LogP contribution in [0.15, 0.2) is 30.3 Å². The lowest BCUT2D eigenvalue weighted by Gasteiger charge is -2.31. The second-order valence-corrected chi connectivity index (χ2v) is 5.53. The zero-order chi connectivity index (χ0) is 14.5. The van der Waals surface area contributed by atoms with Gasteiger partial charge in [-0.1, -0.05) is 37.3 Å². The van der Waals surface area contributed by atoms with Crippen LogP contribution in [0.2, 0.25) is 0 Å². The summed E-state index contributed by atoms with van der Waals surface area (Å²) >= 11 is 0. The van der Waals surface area contributed by atoms with E-state index >= 15 is 0 Å². The summed E-state index contributed by atoms with van der Waals surface area (Å²) < 4.78 is 0. The molecule has 1 N–H and O–H groups in total. The molecule has 1 amide bonds. The van der Waals surface area contributed by atoms with Crippen LogP contribution >= 0.6 is 0 Å². The van der Waals surface area contributed by atoms with Gasteiger partial charge in [-0.2, -0.15) is 0 Å². The molecule has 0 bridgehead atoms. The molecule has 0 radical (unpaired) electrons. The van der Waals surface area contributed by atoms with Crippen LogP contribution < -0.4 is 0 Å². The lowest BCUT2D eigenvalue weighted by atomic mass is 9.94. The van der Waals surface area contributed by atoms with Gasteiger partial charge in [0.2, 0.25) is 5.91 Å². The molecule has 1 fully saturated rings. The molecule has 20 heavy (non-hydrogen) atoms. The first kappa shape index (κ1) is 14.6. The summed E-state index contributed by atoms with van der Waals surface area (Å²) in [6.07, 6.45) is 1.89. The number of carboxylic acids is 1. The maximum Gasteiger partial charge on any atom is 0.308 e. The third-order valence-electron chi connectivity index (χ3n) is 3.97. The number of hydrogen-bond donors (Lipinski definition) is 1. The molecule has 4 nitrogen and oxygen atoms in total. The fraction of sp³-hybridized carbons (Fsp3) is 0.500. The van der Waals surface area contributed by atoms with Gasteiger partial charge in [-0.3, -0.25) is 9.59 Å². The Morgan fingerprint density at radius 2 is 2.05 bits per heavy atom. The maximum absolute atomic E-state index is 12.3. The van der Waals surface area contributed by atoms with Gasteiger partial charge in [-0.25, -0.2) is 0 Å². The minimum atomic E-state index is -0.793. The average Bonchev–Trinajstić information content (AvgIpc) is 2.48. The first-order valence-electron chi connectivity index (χ1n) is 7.13. The monoisotopic (exact) mass is 275 g/mol. The van der Waals surface area contributed by atoms with Crippen LogP contribution in [0, 0.1) is 5.92 Å². The molecule has 0 spiro atoms. The maximum atomic E-state index is 12.3. The number of rotatable bonds is 4. The van der Waals surface area contributed by atoms with Crippen molar-refractivity contribution in [2.45, 2.75) is 32.1 Å². The lowest BCUT2D eigenvalue weighted by molar-refractivity contribution is -0.145. The Balaban J connectivity index is 1.93. The van der Waals surface area contributed by atoms with E-state index in [-0.39, 0.29) is 11.8 Å². The van der Waals surface area contributed by atoms with Gasteiger partial charge in [-0.15, -0.1) is 0 Å². The number of carboxylic acid groups (broad SMARTS) is 1. The van der Waals surface area contributed by atoms with Crippen molar-refractivity contribution < 1.29 is 14.7 Å². The van der Waals surface area contributed by atoms with Crippen molar-refractivity contribution >= 4 is 11.9 Å². The normalized spacial score (nSPS) is 20.4. The molecule has 1 heterocycles. The smallest absolute Gasteiger partial charge is 0.308 e. The van der Waals surface area contributed by atoms with E-state index in [1.165, 1.54) is 0 Å². The number of benzene rings is 1. The number of nitrogens with zero attached hydrogens (tertiary/aromatic N) is 1. The predicted octanol–water partition coefficient (Wildman–Crippen LogP) is 2.50. The van der Waals surface area contributed by atoms with Crippen LogP contribution in [0.3, 0.4) is 0 Å². The van der Waals surface area contributed by atoms with Gasteiger partial charge < -0.3 is 10.0 Å². The van der Waals surface area contributed by atoms with Crippen molar-refractivity contribution in [3.63, 3.8) is 0 Å². The summed E-state index contributed by atoms with van der Waals surface area (Å²) in [5.74, 6) is -0.973. The largest absolute Gasteiger partial charge is 0.481 e. The lowest BCUT2D eigenvalue weighted by Crippen LogP contribution is -2.42. The molecular weight excluding hydrogens is 254 g/mol. The van der Waals surface area contributed by atoms with Crippen LogP contribution in [-0.4, -0.2) is 35.0 Å². The average molecular weight is 275 g/mol. The van der Waals surface area contributed by atoms with Crippen molar-refractivity contribution in [2.75, 3.05) is 13.1 Å². The topological polar surface area (TPSA) is 57.6 Å². The van der Waals surface area contributed by atoms with Gasteiger partial charge in [0.05, 0.1) is 5.92 Å². The fourth-order valence-electron chi connectivity index (χ4n) is 2.70.